The van der Waals surface area contributed by atoms with Crippen LogP contribution in [0.3, 0.4) is 0 Å². The molecule has 2 aliphatic heterocycles. The summed E-state index contributed by atoms with van der Waals surface area (Å²) in [4.78, 5) is 46.3. The Kier molecular flexibility index (Phi) is 4.23. The van der Waals surface area contributed by atoms with Crippen LogP contribution in [0.4, 0.5) is 19.2 Å². The van der Waals surface area contributed by atoms with Gasteiger partial charge in [-0.05, 0) is 12.8 Å². The summed E-state index contributed by atoms with van der Waals surface area (Å²) in [5, 5.41) is 12.6. The number of nitrogens with zero attached hydrogens (tertiary/aromatic N) is 6. The molecule has 0 saturated carbocycles. The van der Waals surface area contributed by atoms with Crippen LogP contribution in [-0.4, -0.2) is 47.0 Å². The second-order valence-corrected chi connectivity index (χ2v) is 4.25. The van der Waals surface area contributed by atoms with Crippen molar-refractivity contribution in [3.05, 3.63) is 0 Å². The smallest absolute Gasteiger partial charge is 0.244 e. The molecule has 106 valence electrons. The van der Waals surface area contributed by atoms with E-state index in [0.29, 0.717) is 12.8 Å². The molecule has 0 radical (unpaired) electrons. The molecule has 0 spiro atoms. The van der Waals surface area contributed by atoms with Crippen LogP contribution < -0.4 is 0 Å². The van der Waals surface area contributed by atoms with Gasteiger partial charge in [0.05, 0.1) is 0 Å². The fourth-order valence-corrected chi connectivity index (χ4v) is 1.83. The maximum atomic E-state index is 11.1. The van der Waals surface area contributed by atoms with Crippen LogP contribution in [0.5, 0.6) is 0 Å². The van der Waals surface area contributed by atoms with E-state index in [2.05, 4.69) is 20.5 Å². The number of carbonyl (C=O) groups excluding carboxylic acids is 4. The molecule has 10 nitrogen and oxygen atoms in total. The molecule has 0 N–H and O–H groups in total. The molecule has 0 saturated heterocycles. The van der Waals surface area contributed by atoms with Crippen LogP contribution in [0.2, 0.25) is 0 Å². The number of urea groups is 4. The predicted octanol–water partition coefficient (Wildman–Crippen LogP) is 2.56. The summed E-state index contributed by atoms with van der Waals surface area (Å²) < 4.78 is 0. The number of azo groups is 2. The number of amides is 8. The van der Waals surface area contributed by atoms with E-state index in [-0.39, 0.29) is 13.1 Å². The molecule has 8 amide bonds. The van der Waals surface area contributed by atoms with Gasteiger partial charge in [-0.2, -0.15) is 0 Å². The zero-order valence-corrected chi connectivity index (χ0v) is 10.6. The Morgan fingerprint density at radius 3 is 1.15 bits per heavy atom. The molecule has 0 fully saturated rings. The van der Waals surface area contributed by atoms with Gasteiger partial charge in [-0.15, -0.1) is 0 Å². The van der Waals surface area contributed by atoms with E-state index < -0.39 is 24.1 Å². The maximum absolute atomic E-state index is 11.1. The van der Waals surface area contributed by atoms with Gasteiger partial charge in [0, 0.05) is 13.1 Å². The number of unbranched alkanes of at least 4 members (excludes halogenated alkanes) is 3. The Morgan fingerprint density at radius 2 is 0.850 bits per heavy atom. The normalized spacial score (nSPS) is 18.0. The highest BCUT2D eigenvalue weighted by Gasteiger charge is 2.27. The largest absolute Gasteiger partial charge is 0.370 e. The van der Waals surface area contributed by atoms with Gasteiger partial charge in [0.15, 0.2) is 0 Å². The Hall–Kier alpha value is -2.52. The van der Waals surface area contributed by atoms with E-state index in [0.717, 1.165) is 22.6 Å². The third kappa shape index (κ3) is 3.08. The number of carbonyl (C=O) groups is 4. The van der Waals surface area contributed by atoms with Crippen molar-refractivity contribution in [3.8, 4) is 0 Å². The summed E-state index contributed by atoms with van der Waals surface area (Å²) in [6, 6.07) is -2.53. The molecule has 0 aromatic rings. The van der Waals surface area contributed by atoms with Crippen LogP contribution >= 0.6 is 0 Å². The highest BCUT2D eigenvalue weighted by Crippen LogP contribution is 2.12. The average molecular weight is 280 g/mol. The lowest BCUT2D eigenvalue weighted by Gasteiger charge is -2.11. The van der Waals surface area contributed by atoms with Crippen molar-refractivity contribution in [2.75, 3.05) is 13.1 Å². The van der Waals surface area contributed by atoms with Gasteiger partial charge in [0.2, 0.25) is 0 Å². The molecule has 0 aromatic carbocycles. The van der Waals surface area contributed by atoms with Crippen molar-refractivity contribution in [2.24, 2.45) is 20.5 Å². The maximum Gasteiger partial charge on any atom is 0.370 e. The minimum atomic E-state index is -0.633. The highest BCUT2D eigenvalue weighted by atomic mass is 16.2. The van der Waals surface area contributed by atoms with Gasteiger partial charge in [0.1, 0.15) is 0 Å². The highest BCUT2D eigenvalue weighted by molar-refractivity contribution is 5.98. The van der Waals surface area contributed by atoms with Crippen LogP contribution in [-0.2, 0) is 0 Å². The van der Waals surface area contributed by atoms with E-state index in [1.165, 1.54) is 0 Å². The molecule has 0 unspecified atom stereocenters. The Labute approximate surface area is 113 Å². The zero-order valence-electron chi connectivity index (χ0n) is 10.6. The number of rotatable bonds is 7. The van der Waals surface area contributed by atoms with Crippen molar-refractivity contribution in [2.45, 2.75) is 25.7 Å². The van der Waals surface area contributed by atoms with Crippen molar-refractivity contribution in [3.63, 3.8) is 0 Å². The molecule has 10 heteroatoms. The monoisotopic (exact) mass is 280 g/mol. The van der Waals surface area contributed by atoms with Crippen molar-refractivity contribution in [1.82, 2.24) is 9.80 Å². The first-order chi connectivity index (χ1) is 9.59. The molecule has 0 bridgehead atoms. The van der Waals surface area contributed by atoms with Crippen molar-refractivity contribution < 1.29 is 19.2 Å². The lowest BCUT2D eigenvalue weighted by atomic mass is 10.2. The molecule has 0 aromatic heterocycles. The standard InChI is InChI=1S/C10H12N6O4/c17-7-11-12-8(18)15(7)5-3-1-2-4-6-16-9(19)13-14-10(16)20/h1-6H2. The predicted molar refractivity (Wildman–Crippen MR) is 63.2 cm³/mol. The van der Waals surface area contributed by atoms with Crippen LogP contribution in [0.25, 0.3) is 0 Å². The zero-order chi connectivity index (χ0) is 14.5. The molecular weight excluding hydrogens is 268 g/mol. The first kappa shape index (κ1) is 13.9. The SMILES string of the molecule is O=C1N=NC(=O)N1CCCCCCN1C(=O)N=NC1=O. The summed E-state index contributed by atoms with van der Waals surface area (Å²) in [6.07, 6.45) is 2.75. The minimum Gasteiger partial charge on any atom is -0.244 e. The molecular formula is C10H12N6O4. The number of hydrogen-bond donors (Lipinski definition) is 0. The van der Waals surface area contributed by atoms with Crippen LogP contribution in [0, 0.1) is 0 Å². The second-order valence-electron chi connectivity index (χ2n) is 4.25. The summed E-state index contributed by atoms with van der Waals surface area (Å²) in [5.74, 6) is 0. The molecule has 2 rings (SSSR count). The molecule has 0 aliphatic carbocycles. The van der Waals surface area contributed by atoms with E-state index >= 15 is 0 Å². The number of imide groups is 2. The summed E-state index contributed by atoms with van der Waals surface area (Å²) in [6.45, 7) is 0.549. The molecule has 20 heavy (non-hydrogen) atoms. The lowest BCUT2D eigenvalue weighted by Crippen LogP contribution is -2.29. The molecule has 0 atom stereocenters. The van der Waals surface area contributed by atoms with Crippen LogP contribution in [0.15, 0.2) is 20.5 Å². The van der Waals surface area contributed by atoms with Gasteiger partial charge in [-0.1, -0.05) is 33.3 Å². The van der Waals surface area contributed by atoms with Crippen molar-refractivity contribution in [1.29, 1.82) is 0 Å². The van der Waals surface area contributed by atoms with E-state index in [1.807, 2.05) is 0 Å². The van der Waals surface area contributed by atoms with Gasteiger partial charge >= 0.3 is 24.1 Å². The summed E-state index contributed by atoms with van der Waals surface area (Å²) >= 11 is 0. The first-order valence-electron chi connectivity index (χ1n) is 6.14. The fourth-order valence-electron chi connectivity index (χ4n) is 1.83. The Morgan fingerprint density at radius 1 is 0.550 bits per heavy atom. The quantitative estimate of drug-likeness (QED) is 0.664. The second kappa shape index (κ2) is 6.08. The molecule has 2 heterocycles. The van der Waals surface area contributed by atoms with Gasteiger partial charge in [0.25, 0.3) is 0 Å². The van der Waals surface area contributed by atoms with Crippen LogP contribution in [0.1, 0.15) is 25.7 Å². The molecule has 2 aliphatic rings. The minimum absolute atomic E-state index is 0.275. The first-order valence-corrected chi connectivity index (χ1v) is 6.14. The van der Waals surface area contributed by atoms with E-state index in [4.69, 9.17) is 0 Å². The van der Waals surface area contributed by atoms with Crippen molar-refractivity contribution >= 4 is 24.1 Å². The Balaban J connectivity index is 1.56. The van der Waals surface area contributed by atoms with Gasteiger partial charge in [-0.3, -0.25) is 0 Å². The number of hydrogen-bond acceptors (Lipinski definition) is 4. The lowest BCUT2D eigenvalue weighted by molar-refractivity contribution is 0.201. The topological polar surface area (TPSA) is 124 Å². The van der Waals surface area contributed by atoms with Gasteiger partial charge in [-0.25, -0.2) is 29.0 Å². The Bertz CT molecular complexity index is 432. The third-order valence-electron chi connectivity index (χ3n) is 2.88. The van der Waals surface area contributed by atoms with E-state index in [9.17, 15) is 19.2 Å². The summed E-state index contributed by atoms with van der Waals surface area (Å²) in [5.41, 5.74) is 0. The fraction of sp³-hybridized carbons (Fsp3) is 0.600. The third-order valence-corrected chi connectivity index (χ3v) is 2.88. The van der Waals surface area contributed by atoms with Gasteiger partial charge < -0.3 is 0 Å². The van der Waals surface area contributed by atoms with E-state index in [1.54, 1.807) is 0 Å². The summed E-state index contributed by atoms with van der Waals surface area (Å²) in [7, 11) is 0. The average Bonchev–Trinajstić information content (AvgIpc) is 2.90.